The molecule has 1 aromatic carbocycles. The Morgan fingerprint density at radius 3 is 3.00 bits per heavy atom. The molecule has 3 nitrogen and oxygen atoms in total. The molecule has 0 bridgehead atoms. The summed E-state index contributed by atoms with van der Waals surface area (Å²) in [5.74, 6) is 0. The fraction of sp³-hybridized carbons (Fsp3) is 0.143. The summed E-state index contributed by atoms with van der Waals surface area (Å²) in [6, 6.07) is 7.54. The van der Waals surface area contributed by atoms with Gasteiger partial charge in [0.25, 0.3) is 0 Å². The first kappa shape index (κ1) is 8.39. The van der Waals surface area contributed by atoms with Crippen LogP contribution in [0.25, 0.3) is 0 Å². The molecule has 0 amide bonds. The van der Waals surface area contributed by atoms with Gasteiger partial charge in [-0.15, -0.1) is 0 Å². The summed E-state index contributed by atoms with van der Waals surface area (Å²) in [6.07, 6.45) is 0. The van der Waals surface area contributed by atoms with Crippen molar-refractivity contribution in [3.8, 4) is 0 Å². The minimum absolute atomic E-state index is 0.861. The quantitative estimate of drug-likeness (QED) is 0.415. The average Bonchev–Trinajstić information content (AvgIpc) is 2.06. The van der Waals surface area contributed by atoms with Gasteiger partial charge in [-0.2, -0.15) is 4.33 Å². The van der Waals surface area contributed by atoms with Crippen molar-refractivity contribution in [3.63, 3.8) is 0 Å². The van der Waals surface area contributed by atoms with Gasteiger partial charge in [-0.1, -0.05) is 6.07 Å². The van der Waals surface area contributed by atoms with Crippen LogP contribution in [0.15, 0.2) is 29.2 Å². The van der Waals surface area contributed by atoms with Gasteiger partial charge >= 0.3 is 0 Å². The number of hydrogen-bond donors (Lipinski definition) is 2. The van der Waals surface area contributed by atoms with Crippen molar-refractivity contribution < 1.29 is 9.59 Å². The monoisotopic (exact) mass is 171 g/mol. The van der Waals surface area contributed by atoms with Crippen LogP contribution in [0.2, 0.25) is 0 Å². The van der Waals surface area contributed by atoms with Crippen LogP contribution in [-0.4, -0.2) is 12.3 Å². The van der Waals surface area contributed by atoms with Gasteiger partial charge in [0.1, 0.15) is 0 Å². The Kier molecular flexibility index (Phi) is 3.22. The van der Waals surface area contributed by atoms with E-state index in [4.69, 9.17) is 5.26 Å². The Morgan fingerprint density at radius 2 is 2.36 bits per heavy atom. The summed E-state index contributed by atoms with van der Waals surface area (Å²) < 4.78 is 3.92. The number of nitrogens with one attached hydrogen (secondary N) is 1. The van der Waals surface area contributed by atoms with Crippen LogP contribution in [0.3, 0.4) is 0 Å². The van der Waals surface area contributed by atoms with Crippen molar-refractivity contribution in [2.75, 3.05) is 12.4 Å². The lowest BCUT2D eigenvalue weighted by Gasteiger charge is -2.00. The van der Waals surface area contributed by atoms with Crippen LogP contribution in [0.1, 0.15) is 0 Å². The molecule has 0 aliphatic rings. The zero-order valence-corrected chi connectivity index (χ0v) is 6.89. The largest absolute Gasteiger partial charge is 0.388 e. The van der Waals surface area contributed by atoms with Gasteiger partial charge in [-0.25, -0.2) is 5.26 Å². The summed E-state index contributed by atoms with van der Waals surface area (Å²) in [6.45, 7) is 0. The van der Waals surface area contributed by atoms with Gasteiger partial charge in [0.15, 0.2) is 0 Å². The second-order valence-electron chi connectivity index (χ2n) is 1.94. The van der Waals surface area contributed by atoms with Gasteiger partial charge in [-0.3, -0.25) is 0 Å². The minimum atomic E-state index is 0.861. The Morgan fingerprint density at radius 1 is 1.55 bits per heavy atom. The maximum absolute atomic E-state index is 8.13. The Balaban J connectivity index is 2.74. The predicted molar refractivity (Wildman–Crippen MR) is 45.6 cm³/mol. The Labute approximate surface area is 69.5 Å². The predicted octanol–water partition coefficient (Wildman–Crippen LogP) is 2.22. The maximum atomic E-state index is 8.13. The van der Waals surface area contributed by atoms with Crippen molar-refractivity contribution in [2.24, 2.45) is 0 Å². The van der Waals surface area contributed by atoms with Gasteiger partial charge < -0.3 is 5.32 Å². The highest BCUT2D eigenvalue weighted by Crippen LogP contribution is 2.20. The first-order chi connectivity index (χ1) is 5.36. The van der Waals surface area contributed by atoms with Crippen molar-refractivity contribution in [1.29, 1.82) is 0 Å². The minimum Gasteiger partial charge on any atom is -0.388 e. The molecule has 1 aromatic rings. The second-order valence-corrected chi connectivity index (χ2v) is 2.72. The molecule has 0 unspecified atom stereocenters. The number of rotatable bonds is 3. The Hall–Kier alpha value is -0.710. The van der Waals surface area contributed by atoms with Crippen LogP contribution in [0.5, 0.6) is 0 Å². The molecule has 4 heteroatoms. The summed E-state index contributed by atoms with van der Waals surface area (Å²) in [4.78, 5) is 0.861. The van der Waals surface area contributed by atoms with Crippen molar-refractivity contribution >= 4 is 17.7 Å². The van der Waals surface area contributed by atoms with Crippen LogP contribution >= 0.6 is 12.0 Å². The lowest BCUT2D eigenvalue weighted by molar-refractivity contribution is -0.116. The van der Waals surface area contributed by atoms with E-state index < -0.39 is 0 Å². The molecule has 0 saturated carbocycles. The lowest BCUT2D eigenvalue weighted by atomic mass is 10.3. The van der Waals surface area contributed by atoms with Crippen LogP contribution < -0.4 is 5.32 Å². The highest BCUT2D eigenvalue weighted by atomic mass is 32.2. The van der Waals surface area contributed by atoms with Gasteiger partial charge in [-0.05, 0) is 18.2 Å². The smallest absolute Gasteiger partial charge is 0.0680 e. The second kappa shape index (κ2) is 4.23. The molecule has 0 radical (unpaired) electrons. The molecule has 0 saturated heterocycles. The summed E-state index contributed by atoms with van der Waals surface area (Å²) in [5.41, 5.74) is 0.993. The van der Waals surface area contributed by atoms with Crippen molar-refractivity contribution in [3.05, 3.63) is 24.3 Å². The Bertz CT molecular complexity index is 229. The molecule has 0 heterocycles. The SMILES string of the molecule is CNc1cccc(SOO)c1. The lowest BCUT2D eigenvalue weighted by Crippen LogP contribution is -1.86. The van der Waals surface area contributed by atoms with Gasteiger partial charge in [0, 0.05) is 17.6 Å². The molecule has 0 spiro atoms. The van der Waals surface area contributed by atoms with E-state index in [-0.39, 0.29) is 0 Å². The molecule has 0 aromatic heterocycles. The maximum Gasteiger partial charge on any atom is 0.0680 e. The molecular formula is C7H9NO2S. The van der Waals surface area contributed by atoms with E-state index in [1.807, 2.05) is 31.3 Å². The zero-order valence-electron chi connectivity index (χ0n) is 6.07. The molecule has 0 aliphatic heterocycles. The first-order valence-electron chi connectivity index (χ1n) is 3.12. The molecule has 1 rings (SSSR count). The van der Waals surface area contributed by atoms with E-state index in [1.54, 1.807) is 0 Å². The van der Waals surface area contributed by atoms with E-state index in [2.05, 4.69) is 9.65 Å². The highest BCUT2D eigenvalue weighted by molar-refractivity contribution is 7.94. The summed E-state index contributed by atoms with van der Waals surface area (Å²) in [5, 5.41) is 11.1. The highest BCUT2D eigenvalue weighted by Gasteiger charge is 1.94. The van der Waals surface area contributed by atoms with Crippen LogP contribution in [-0.2, 0) is 4.33 Å². The molecule has 0 fully saturated rings. The van der Waals surface area contributed by atoms with E-state index in [1.165, 1.54) is 0 Å². The fourth-order valence-corrected chi connectivity index (χ4v) is 1.14. The third kappa shape index (κ3) is 2.42. The first-order valence-corrected chi connectivity index (χ1v) is 3.87. The number of hydrogen-bond acceptors (Lipinski definition) is 4. The molecule has 2 N–H and O–H groups in total. The normalized spacial score (nSPS) is 9.64. The average molecular weight is 171 g/mol. The summed E-state index contributed by atoms with van der Waals surface area (Å²) >= 11 is 0.920. The van der Waals surface area contributed by atoms with Crippen LogP contribution in [0, 0.1) is 0 Å². The molecule has 0 aliphatic carbocycles. The van der Waals surface area contributed by atoms with E-state index in [0.717, 1.165) is 22.6 Å². The van der Waals surface area contributed by atoms with E-state index in [9.17, 15) is 0 Å². The van der Waals surface area contributed by atoms with Crippen molar-refractivity contribution in [2.45, 2.75) is 4.90 Å². The van der Waals surface area contributed by atoms with E-state index >= 15 is 0 Å². The van der Waals surface area contributed by atoms with Crippen LogP contribution in [0.4, 0.5) is 5.69 Å². The molecular weight excluding hydrogens is 162 g/mol. The van der Waals surface area contributed by atoms with Gasteiger partial charge in [0.05, 0.1) is 12.0 Å². The van der Waals surface area contributed by atoms with Crippen molar-refractivity contribution in [1.82, 2.24) is 0 Å². The summed E-state index contributed by atoms with van der Waals surface area (Å²) in [7, 11) is 1.84. The molecule has 60 valence electrons. The topological polar surface area (TPSA) is 41.5 Å². The fourth-order valence-electron chi connectivity index (χ4n) is 0.746. The third-order valence-electron chi connectivity index (χ3n) is 1.26. The van der Waals surface area contributed by atoms with Gasteiger partial charge in [0.2, 0.25) is 0 Å². The zero-order chi connectivity index (χ0) is 8.10. The van der Waals surface area contributed by atoms with E-state index in [0.29, 0.717) is 0 Å². The number of benzene rings is 1. The standard InChI is InChI=1S/C7H9NO2S/c1-8-6-3-2-4-7(5-6)11-10-9/h2-5,8-9H,1H3. The number of anilines is 1. The molecule has 0 atom stereocenters. The molecule has 11 heavy (non-hydrogen) atoms. The third-order valence-corrected chi connectivity index (χ3v) is 1.78.